The summed E-state index contributed by atoms with van der Waals surface area (Å²) in [6.07, 6.45) is 2.72. The topological polar surface area (TPSA) is 60.4 Å². The molecule has 2 aromatic carbocycles. The molecule has 0 atom stereocenters. The summed E-state index contributed by atoms with van der Waals surface area (Å²) >= 11 is 0. The first-order valence-corrected chi connectivity index (χ1v) is 11.2. The zero-order valence-corrected chi connectivity index (χ0v) is 14.8. The molecule has 0 aliphatic heterocycles. The van der Waals surface area contributed by atoms with E-state index in [9.17, 15) is 13.0 Å². The van der Waals surface area contributed by atoms with Crippen molar-refractivity contribution in [1.82, 2.24) is 0 Å². The van der Waals surface area contributed by atoms with E-state index in [1.54, 1.807) is 0 Å². The fraction of sp³-hybridized carbons (Fsp3) is 0.294. The Kier molecular flexibility index (Phi) is 6.17. The van der Waals surface area contributed by atoms with Crippen molar-refractivity contribution in [1.29, 1.82) is 0 Å². The first kappa shape index (κ1) is 17.9. The lowest BCUT2D eigenvalue weighted by Crippen LogP contribution is -2.18. The van der Waals surface area contributed by atoms with E-state index in [-0.39, 0.29) is 6.61 Å². The highest BCUT2D eigenvalue weighted by Gasteiger charge is 2.26. The summed E-state index contributed by atoms with van der Waals surface area (Å²) in [7, 11) is -6.12. The Bertz CT molecular complexity index is 714. The van der Waals surface area contributed by atoms with Crippen LogP contribution in [0.4, 0.5) is 0 Å². The van der Waals surface area contributed by atoms with Crippen LogP contribution in [0.15, 0.2) is 60.7 Å². The van der Waals surface area contributed by atoms with E-state index in [2.05, 4.69) is 0 Å². The predicted molar refractivity (Wildman–Crippen MR) is 94.7 cm³/mol. The molecule has 0 saturated carbocycles. The third-order valence-corrected chi connectivity index (χ3v) is 7.32. The molecule has 124 valence electrons. The van der Waals surface area contributed by atoms with Crippen LogP contribution < -0.4 is 10.6 Å². The Balaban J connectivity index is 2.12. The third-order valence-electron chi connectivity index (χ3n) is 3.51. The summed E-state index contributed by atoms with van der Waals surface area (Å²) in [5.74, 6) is 0. The number of benzene rings is 2. The molecule has 0 heterocycles. The Morgan fingerprint density at radius 2 is 1.35 bits per heavy atom. The second-order valence-electron chi connectivity index (χ2n) is 5.37. The van der Waals surface area contributed by atoms with Gasteiger partial charge in [-0.25, -0.2) is 0 Å². The van der Waals surface area contributed by atoms with Crippen molar-refractivity contribution in [3.05, 3.63) is 60.7 Å². The van der Waals surface area contributed by atoms with Gasteiger partial charge in [-0.1, -0.05) is 60.7 Å². The molecule has 23 heavy (non-hydrogen) atoms. The van der Waals surface area contributed by atoms with Crippen molar-refractivity contribution >= 4 is 27.9 Å². The summed E-state index contributed by atoms with van der Waals surface area (Å²) in [6.45, 7) is 0.127. The molecule has 4 nitrogen and oxygen atoms in total. The molecule has 2 aromatic rings. The van der Waals surface area contributed by atoms with E-state index < -0.39 is 17.3 Å². The molecule has 0 N–H and O–H groups in total. The Hall–Kier alpha value is -1.42. The molecule has 0 unspecified atom stereocenters. The number of hydrogen-bond acceptors (Lipinski definition) is 4. The van der Waals surface area contributed by atoms with Crippen molar-refractivity contribution in [2.75, 3.05) is 19.0 Å². The lowest BCUT2D eigenvalue weighted by atomic mass is 10.3. The van der Waals surface area contributed by atoms with Gasteiger partial charge in [-0.15, -0.1) is 0 Å². The Morgan fingerprint density at radius 1 is 0.870 bits per heavy atom. The first-order chi connectivity index (χ1) is 10.9. The minimum Gasteiger partial charge on any atom is -0.314 e. The molecule has 0 spiro atoms. The van der Waals surface area contributed by atoms with Crippen LogP contribution in [-0.2, 0) is 18.9 Å². The van der Waals surface area contributed by atoms with Crippen molar-refractivity contribution in [3.63, 3.8) is 0 Å². The molecule has 0 bridgehead atoms. The van der Waals surface area contributed by atoms with Crippen LogP contribution >= 0.6 is 7.14 Å². The number of rotatable bonds is 8. The van der Waals surface area contributed by atoms with Gasteiger partial charge in [0, 0.05) is 16.8 Å². The SMILES string of the molecule is CS(=O)(=O)OCCCCP(=O)(c1ccccc1)c1ccccc1. The highest BCUT2D eigenvalue weighted by Crippen LogP contribution is 2.44. The third kappa shape index (κ3) is 5.31. The fourth-order valence-corrected chi connectivity index (χ4v) is 5.60. The lowest BCUT2D eigenvalue weighted by molar-refractivity contribution is 0.314. The van der Waals surface area contributed by atoms with Gasteiger partial charge in [0.05, 0.1) is 12.9 Å². The number of hydrogen-bond donors (Lipinski definition) is 0. The molecule has 2 rings (SSSR count). The van der Waals surface area contributed by atoms with Crippen molar-refractivity contribution < 1.29 is 17.2 Å². The standard InChI is InChI=1S/C17H21O4PS/c1-23(19,20)21-14-8-9-15-22(18,16-10-4-2-5-11-16)17-12-6-3-7-13-17/h2-7,10-13H,8-9,14-15H2,1H3. The first-order valence-electron chi connectivity index (χ1n) is 7.46. The molecular formula is C17H21O4PS. The molecule has 0 aromatic heterocycles. The summed E-state index contributed by atoms with van der Waals surface area (Å²) in [6, 6.07) is 18.9. The van der Waals surface area contributed by atoms with Crippen LogP contribution in [0.1, 0.15) is 12.8 Å². The van der Waals surface area contributed by atoms with Gasteiger partial charge >= 0.3 is 0 Å². The lowest BCUT2D eigenvalue weighted by Gasteiger charge is -2.19. The van der Waals surface area contributed by atoms with Crippen LogP contribution in [0, 0.1) is 0 Å². The second-order valence-corrected chi connectivity index (χ2v) is 9.97. The van der Waals surface area contributed by atoms with E-state index >= 15 is 0 Å². The fourth-order valence-electron chi connectivity index (χ4n) is 2.39. The van der Waals surface area contributed by atoms with E-state index in [0.717, 1.165) is 16.9 Å². The summed E-state index contributed by atoms with van der Waals surface area (Å²) in [4.78, 5) is 0. The molecule has 0 aliphatic carbocycles. The van der Waals surface area contributed by atoms with Crippen LogP contribution in [-0.4, -0.2) is 27.4 Å². The molecular weight excluding hydrogens is 331 g/mol. The monoisotopic (exact) mass is 352 g/mol. The second kappa shape index (κ2) is 7.91. The van der Waals surface area contributed by atoms with Crippen molar-refractivity contribution in [2.45, 2.75) is 12.8 Å². The van der Waals surface area contributed by atoms with Gasteiger partial charge in [-0.2, -0.15) is 8.42 Å². The maximum Gasteiger partial charge on any atom is 0.264 e. The van der Waals surface area contributed by atoms with Crippen molar-refractivity contribution in [3.8, 4) is 0 Å². The predicted octanol–water partition coefficient (Wildman–Crippen LogP) is 2.76. The van der Waals surface area contributed by atoms with Gasteiger partial charge in [0.15, 0.2) is 0 Å². The zero-order valence-electron chi connectivity index (χ0n) is 13.1. The van der Waals surface area contributed by atoms with Crippen LogP contribution in [0.5, 0.6) is 0 Å². The minimum atomic E-state index is -3.41. The highest BCUT2D eigenvalue weighted by molar-refractivity contribution is 7.86. The van der Waals surface area contributed by atoms with Crippen LogP contribution in [0.25, 0.3) is 0 Å². The quantitative estimate of drug-likeness (QED) is 0.416. The van der Waals surface area contributed by atoms with E-state index in [4.69, 9.17) is 4.18 Å². The largest absolute Gasteiger partial charge is 0.314 e. The summed E-state index contributed by atoms with van der Waals surface area (Å²) < 4.78 is 40.3. The molecule has 0 aliphatic rings. The molecule has 0 amide bonds. The highest BCUT2D eigenvalue weighted by atomic mass is 32.2. The van der Waals surface area contributed by atoms with E-state index in [1.165, 1.54) is 0 Å². The normalized spacial score (nSPS) is 12.2. The van der Waals surface area contributed by atoms with Crippen LogP contribution in [0.3, 0.4) is 0 Å². The smallest absolute Gasteiger partial charge is 0.264 e. The van der Waals surface area contributed by atoms with Gasteiger partial charge in [-0.05, 0) is 12.8 Å². The number of unbranched alkanes of at least 4 members (excludes halogenated alkanes) is 1. The maximum atomic E-state index is 13.6. The minimum absolute atomic E-state index is 0.127. The average molecular weight is 352 g/mol. The van der Waals surface area contributed by atoms with E-state index in [0.29, 0.717) is 19.0 Å². The van der Waals surface area contributed by atoms with Gasteiger partial charge < -0.3 is 4.57 Å². The van der Waals surface area contributed by atoms with E-state index in [1.807, 2.05) is 60.7 Å². The molecule has 6 heteroatoms. The zero-order chi connectivity index (χ0) is 16.8. The Morgan fingerprint density at radius 3 is 1.78 bits per heavy atom. The van der Waals surface area contributed by atoms with Gasteiger partial charge in [-0.3, -0.25) is 4.18 Å². The van der Waals surface area contributed by atoms with Gasteiger partial charge in [0.1, 0.15) is 7.14 Å². The summed E-state index contributed by atoms with van der Waals surface area (Å²) in [5.41, 5.74) is 0. The maximum absolute atomic E-state index is 13.6. The molecule has 0 saturated heterocycles. The molecule has 0 fully saturated rings. The average Bonchev–Trinajstić information content (AvgIpc) is 2.55. The van der Waals surface area contributed by atoms with Gasteiger partial charge in [0.25, 0.3) is 10.1 Å². The van der Waals surface area contributed by atoms with Crippen LogP contribution in [0.2, 0.25) is 0 Å². The molecule has 0 radical (unpaired) electrons. The summed E-state index contributed by atoms with van der Waals surface area (Å²) in [5, 5.41) is 1.66. The van der Waals surface area contributed by atoms with Gasteiger partial charge in [0.2, 0.25) is 0 Å². The van der Waals surface area contributed by atoms with Crippen molar-refractivity contribution in [2.24, 2.45) is 0 Å². The Labute approximate surface area is 138 Å².